The minimum Gasteiger partial charge on any atom is -0.452 e. The van der Waals surface area contributed by atoms with Gasteiger partial charge in [-0.2, -0.15) is 0 Å². The zero-order valence-electron chi connectivity index (χ0n) is 15.8. The van der Waals surface area contributed by atoms with Crippen molar-refractivity contribution in [1.82, 2.24) is 15.0 Å². The number of nitrogens with zero attached hydrogens (tertiary/aromatic N) is 2. The number of hydrogen-bond donors (Lipinski definition) is 2. The molecule has 1 amide bonds. The normalized spacial score (nSPS) is 10.6. The van der Waals surface area contributed by atoms with Gasteiger partial charge in [-0.1, -0.05) is 41.4 Å². The molecule has 2 heterocycles. The summed E-state index contributed by atoms with van der Waals surface area (Å²) >= 11 is 13.2. The first kappa shape index (κ1) is 21.0. The van der Waals surface area contributed by atoms with Crippen LogP contribution in [-0.4, -0.2) is 33.4 Å². The molecule has 0 aliphatic heterocycles. The number of H-pyrrole nitrogens is 1. The number of thiazole rings is 1. The average Bonchev–Trinajstić information content (AvgIpc) is 3.47. The van der Waals surface area contributed by atoms with E-state index < -0.39 is 18.5 Å². The molecule has 0 unspecified atom stereocenters. The molecule has 31 heavy (non-hydrogen) atoms. The van der Waals surface area contributed by atoms with Crippen LogP contribution in [0.5, 0.6) is 0 Å². The SMILES string of the molecule is O=C(COC(=O)c1ccc(-c2ncc[nH]2)cc1)Nc1nc(-c2ccc(Cl)c(Cl)c2)cs1. The molecule has 0 bridgehead atoms. The van der Waals surface area contributed by atoms with Crippen LogP contribution in [0, 0.1) is 0 Å². The van der Waals surface area contributed by atoms with Crippen LogP contribution in [0.25, 0.3) is 22.6 Å². The van der Waals surface area contributed by atoms with Gasteiger partial charge in [0.25, 0.3) is 5.91 Å². The second-order valence-electron chi connectivity index (χ2n) is 6.31. The van der Waals surface area contributed by atoms with E-state index in [2.05, 4.69) is 20.3 Å². The Hall–Kier alpha value is -3.20. The molecule has 4 aromatic rings. The Balaban J connectivity index is 1.31. The Labute approximate surface area is 191 Å². The van der Waals surface area contributed by atoms with E-state index >= 15 is 0 Å². The smallest absolute Gasteiger partial charge is 0.338 e. The van der Waals surface area contributed by atoms with Crippen molar-refractivity contribution in [3.63, 3.8) is 0 Å². The average molecular weight is 473 g/mol. The van der Waals surface area contributed by atoms with Crippen molar-refractivity contribution in [3.8, 4) is 22.6 Å². The minimum absolute atomic E-state index is 0.333. The van der Waals surface area contributed by atoms with Gasteiger partial charge in [0.2, 0.25) is 0 Å². The van der Waals surface area contributed by atoms with Crippen molar-refractivity contribution in [3.05, 3.63) is 75.8 Å². The fourth-order valence-corrected chi connectivity index (χ4v) is 3.71. The lowest BCUT2D eigenvalue weighted by Gasteiger charge is -2.05. The summed E-state index contributed by atoms with van der Waals surface area (Å²) in [4.78, 5) is 35.8. The molecule has 0 atom stereocenters. The number of carbonyl (C=O) groups is 2. The van der Waals surface area contributed by atoms with Gasteiger partial charge < -0.3 is 9.72 Å². The second kappa shape index (κ2) is 9.30. The van der Waals surface area contributed by atoms with E-state index in [0.717, 1.165) is 11.1 Å². The molecule has 4 rings (SSSR count). The second-order valence-corrected chi connectivity index (χ2v) is 7.98. The summed E-state index contributed by atoms with van der Waals surface area (Å²) in [5.41, 5.74) is 2.59. The number of ether oxygens (including phenoxy) is 1. The van der Waals surface area contributed by atoms with Crippen LogP contribution in [-0.2, 0) is 9.53 Å². The van der Waals surface area contributed by atoms with Gasteiger partial charge in [-0.05, 0) is 24.3 Å². The number of hydrogen-bond acceptors (Lipinski definition) is 6. The number of aromatic amines is 1. The maximum absolute atomic E-state index is 12.2. The molecule has 0 radical (unpaired) electrons. The molecule has 2 aromatic heterocycles. The molecular weight excluding hydrogens is 459 g/mol. The highest BCUT2D eigenvalue weighted by Gasteiger charge is 2.13. The summed E-state index contributed by atoms with van der Waals surface area (Å²) in [6.07, 6.45) is 3.36. The number of amides is 1. The molecule has 0 saturated carbocycles. The third-order valence-corrected chi connectivity index (χ3v) is 5.69. The van der Waals surface area contributed by atoms with Crippen LogP contribution in [0.1, 0.15) is 10.4 Å². The summed E-state index contributed by atoms with van der Waals surface area (Å²) in [5, 5.41) is 5.64. The predicted octanol–water partition coefficient (Wildman–Crippen LogP) is 5.30. The number of rotatable bonds is 6. The molecule has 0 aliphatic carbocycles. The third kappa shape index (κ3) is 5.11. The van der Waals surface area contributed by atoms with Crippen molar-refractivity contribution in [1.29, 1.82) is 0 Å². The molecule has 10 heteroatoms. The maximum atomic E-state index is 12.2. The Morgan fingerprint density at radius 3 is 2.55 bits per heavy atom. The van der Waals surface area contributed by atoms with Crippen LogP contribution < -0.4 is 5.32 Å². The highest BCUT2D eigenvalue weighted by atomic mass is 35.5. The Kier molecular flexibility index (Phi) is 6.31. The number of halogens is 2. The molecule has 0 saturated heterocycles. The maximum Gasteiger partial charge on any atom is 0.338 e. The molecule has 7 nitrogen and oxygen atoms in total. The zero-order chi connectivity index (χ0) is 21.8. The molecule has 0 aliphatic rings. The van der Waals surface area contributed by atoms with Gasteiger partial charge in [0.1, 0.15) is 5.82 Å². The standard InChI is InChI=1S/C21H14Cl2N4O3S/c22-15-6-5-14(9-16(15)23)17-11-31-21(26-17)27-18(28)10-30-20(29)13-3-1-12(2-4-13)19-24-7-8-25-19/h1-9,11H,10H2,(H,24,25)(H,26,27,28). The van der Waals surface area contributed by atoms with Crippen molar-refractivity contribution in [2.45, 2.75) is 0 Å². The Morgan fingerprint density at radius 1 is 1.06 bits per heavy atom. The molecule has 0 spiro atoms. The number of benzene rings is 2. The van der Waals surface area contributed by atoms with Gasteiger partial charge in [0.15, 0.2) is 11.7 Å². The van der Waals surface area contributed by atoms with Gasteiger partial charge in [-0.15, -0.1) is 11.3 Å². The monoisotopic (exact) mass is 472 g/mol. The third-order valence-electron chi connectivity index (χ3n) is 4.19. The fraction of sp³-hybridized carbons (Fsp3) is 0.0476. The number of nitrogens with one attached hydrogen (secondary N) is 2. The van der Waals surface area contributed by atoms with Crippen molar-refractivity contribution in [2.75, 3.05) is 11.9 Å². The van der Waals surface area contributed by atoms with Gasteiger partial charge in [0.05, 0.1) is 21.3 Å². The lowest BCUT2D eigenvalue weighted by Crippen LogP contribution is -2.20. The van der Waals surface area contributed by atoms with E-state index in [1.807, 2.05) is 0 Å². The van der Waals surface area contributed by atoms with E-state index in [0.29, 0.717) is 32.3 Å². The van der Waals surface area contributed by atoms with Gasteiger partial charge in [-0.3, -0.25) is 10.1 Å². The van der Waals surface area contributed by atoms with Crippen LogP contribution >= 0.6 is 34.5 Å². The first-order valence-corrected chi connectivity index (χ1v) is 10.6. The van der Waals surface area contributed by atoms with Gasteiger partial charge in [-0.25, -0.2) is 14.8 Å². The molecule has 156 valence electrons. The van der Waals surface area contributed by atoms with E-state index in [1.54, 1.807) is 60.2 Å². The number of aromatic nitrogens is 3. The topological polar surface area (TPSA) is 97.0 Å². The first-order chi connectivity index (χ1) is 15.0. The summed E-state index contributed by atoms with van der Waals surface area (Å²) < 4.78 is 5.08. The quantitative estimate of drug-likeness (QED) is 0.371. The zero-order valence-corrected chi connectivity index (χ0v) is 18.1. The van der Waals surface area contributed by atoms with E-state index in [9.17, 15) is 9.59 Å². The van der Waals surface area contributed by atoms with Crippen LogP contribution in [0.3, 0.4) is 0 Å². The van der Waals surface area contributed by atoms with E-state index in [4.69, 9.17) is 27.9 Å². The van der Waals surface area contributed by atoms with Gasteiger partial charge >= 0.3 is 5.97 Å². The lowest BCUT2D eigenvalue weighted by atomic mass is 10.1. The number of carbonyl (C=O) groups excluding carboxylic acids is 2. The van der Waals surface area contributed by atoms with Crippen molar-refractivity contribution < 1.29 is 14.3 Å². The van der Waals surface area contributed by atoms with E-state index in [1.165, 1.54) is 11.3 Å². The minimum atomic E-state index is -0.600. The Bertz CT molecular complexity index is 1220. The fourth-order valence-electron chi connectivity index (χ4n) is 2.68. The Morgan fingerprint density at radius 2 is 1.84 bits per heavy atom. The lowest BCUT2D eigenvalue weighted by molar-refractivity contribution is -0.119. The summed E-state index contributed by atoms with van der Waals surface area (Å²) in [7, 11) is 0. The summed E-state index contributed by atoms with van der Waals surface area (Å²) in [6.45, 7) is -0.430. The highest BCUT2D eigenvalue weighted by Crippen LogP contribution is 2.30. The molecule has 2 N–H and O–H groups in total. The van der Waals surface area contributed by atoms with Crippen molar-refractivity contribution in [2.24, 2.45) is 0 Å². The van der Waals surface area contributed by atoms with Crippen LogP contribution in [0.15, 0.2) is 60.2 Å². The summed E-state index contributed by atoms with van der Waals surface area (Å²) in [5.74, 6) is -0.393. The number of imidazole rings is 1. The predicted molar refractivity (Wildman–Crippen MR) is 121 cm³/mol. The van der Waals surface area contributed by atoms with Crippen LogP contribution in [0.4, 0.5) is 5.13 Å². The largest absolute Gasteiger partial charge is 0.452 e. The molecule has 2 aromatic carbocycles. The summed E-state index contributed by atoms with van der Waals surface area (Å²) in [6, 6.07) is 11.9. The number of esters is 1. The highest BCUT2D eigenvalue weighted by molar-refractivity contribution is 7.14. The van der Waals surface area contributed by atoms with Crippen LogP contribution in [0.2, 0.25) is 10.0 Å². The first-order valence-electron chi connectivity index (χ1n) is 8.97. The molecule has 0 fully saturated rings. The number of anilines is 1. The molecular formula is C21H14Cl2N4O3S. The van der Waals surface area contributed by atoms with E-state index in [-0.39, 0.29) is 0 Å². The van der Waals surface area contributed by atoms with Crippen molar-refractivity contribution >= 4 is 51.5 Å². The van der Waals surface area contributed by atoms with Gasteiger partial charge in [0, 0.05) is 28.9 Å².